The first-order chi connectivity index (χ1) is 8.95. The summed E-state index contributed by atoms with van der Waals surface area (Å²) in [6.07, 6.45) is 0. The van der Waals surface area contributed by atoms with Crippen LogP contribution in [0.5, 0.6) is 0 Å². The zero-order valence-corrected chi connectivity index (χ0v) is 12.6. The first-order valence-electron chi connectivity index (χ1n) is 6.10. The van der Waals surface area contributed by atoms with Crippen LogP contribution in [0, 0.1) is 0 Å². The summed E-state index contributed by atoms with van der Waals surface area (Å²) in [5, 5.41) is 7.16. The fourth-order valence-corrected chi connectivity index (χ4v) is 4.78. The highest BCUT2D eigenvalue weighted by molar-refractivity contribution is 8.01. The molecule has 2 unspecified atom stereocenters. The predicted octanol–water partition coefficient (Wildman–Crippen LogP) is 0.403. The predicted molar refractivity (Wildman–Crippen MR) is 74.8 cm³/mol. The molecular formula is C10H18N4O3S2. The van der Waals surface area contributed by atoms with Crippen molar-refractivity contribution < 1.29 is 12.8 Å². The Morgan fingerprint density at radius 1 is 1.58 bits per heavy atom. The molecule has 9 heteroatoms. The molecule has 2 atom stereocenters. The van der Waals surface area contributed by atoms with E-state index in [1.54, 1.807) is 30.5 Å². The summed E-state index contributed by atoms with van der Waals surface area (Å²) in [5.74, 6) is 1.78. The third-order valence-corrected chi connectivity index (χ3v) is 6.26. The maximum Gasteiger partial charge on any atom is 0.319 e. The third kappa shape index (κ3) is 3.03. The Morgan fingerprint density at radius 3 is 2.89 bits per heavy atom. The van der Waals surface area contributed by atoms with Gasteiger partial charge in [0.05, 0.1) is 6.04 Å². The normalized spacial score (nSPS) is 22.5. The minimum absolute atomic E-state index is 0.100. The minimum atomic E-state index is -3.18. The van der Waals surface area contributed by atoms with Crippen molar-refractivity contribution in [2.75, 3.05) is 28.7 Å². The van der Waals surface area contributed by atoms with Gasteiger partial charge in [0.15, 0.2) is 9.84 Å². The van der Waals surface area contributed by atoms with Crippen molar-refractivity contribution >= 4 is 27.6 Å². The van der Waals surface area contributed by atoms with E-state index in [9.17, 15) is 8.42 Å². The van der Waals surface area contributed by atoms with Crippen LogP contribution in [0.1, 0.15) is 25.8 Å². The maximum atomic E-state index is 12.1. The van der Waals surface area contributed by atoms with Gasteiger partial charge in [-0.2, -0.15) is 11.8 Å². The second-order valence-electron chi connectivity index (χ2n) is 4.39. The number of nitrogens with zero attached hydrogens (tertiary/aromatic N) is 3. The maximum absolute atomic E-state index is 12.1. The van der Waals surface area contributed by atoms with Crippen LogP contribution in [0.25, 0.3) is 0 Å². The molecule has 108 valence electrons. The molecule has 1 aliphatic heterocycles. The molecule has 0 saturated carbocycles. The van der Waals surface area contributed by atoms with Crippen LogP contribution in [0.15, 0.2) is 4.42 Å². The van der Waals surface area contributed by atoms with Gasteiger partial charge in [0.1, 0.15) is 5.37 Å². The van der Waals surface area contributed by atoms with Gasteiger partial charge in [-0.3, -0.25) is 0 Å². The largest absolute Gasteiger partial charge is 0.406 e. The van der Waals surface area contributed by atoms with E-state index in [0.717, 1.165) is 5.75 Å². The van der Waals surface area contributed by atoms with E-state index in [1.807, 2.05) is 0 Å². The Morgan fingerprint density at radius 2 is 2.32 bits per heavy atom. The number of hydrogen-bond donors (Lipinski definition) is 1. The van der Waals surface area contributed by atoms with Gasteiger partial charge in [0.2, 0.25) is 5.89 Å². The van der Waals surface area contributed by atoms with E-state index < -0.39 is 15.2 Å². The standard InChI is InChI=1S/C10H18N4O3S2/c1-3-19(15,16)8-6-18-5-4-14(8)10-13-12-9(17-10)7(2)11/h7-8H,3-6,11H2,1-2H3. The first kappa shape index (κ1) is 14.6. The molecule has 2 heterocycles. The highest BCUT2D eigenvalue weighted by atomic mass is 32.2. The fourth-order valence-electron chi connectivity index (χ4n) is 1.82. The van der Waals surface area contributed by atoms with Gasteiger partial charge in [-0.15, -0.1) is 5.10 Å². The third-order valence-electron chi connectivity index (χ3n) is 2.97. The van der Waals surface area contributed by atoms with Crippen LogP contribution in [0.3, 0.4) is 0 Å². The molecule has 0 bridgehead atoms. The van der Waals surface area contributed by atoms with Crippen molar-refractivity contribution in [3.8, 4) is 0 Å². The molecule has 1 saturated heterocycles. The van der Waals surface area contributed by atoms with E-state index >= 15 is 0 Å². The number of hydrogen-bond acceptors (Lipinski definition) is 8. The van der Waals surface area contributed by atoms with Gasteiger partial charge >= 0.3 is 6.01 Å². The zero-order valence-electron chi connectivity index (χ0n) is 10.9. The molecule has 7 nitrogen and oxygen atoms in total. The van der Waals surface area contributed by atoms with E-state index in [-0.39, 0.29) is 17.8 Å². The molecule has 0 amide bonds. The lowest BCUT2D eigenvalue weighted by atomic mass is 10.4. The Hall–Kier alpha value is -0.800. The molecule has 1 aromatic rings. The van der Waals surface area contributed by atoms with Crippen LogP contribution >= 0.6 is 11.8 Å². The van der Waals surface area contributed by atoms with Gasteiger partial charge < -0.3 is 15.1 Å². The summed E-state index contributed by atoms with van der Waals surface area (Å²) in [4.78, 5) is 1.67. The van der Waals surface area contributed by atoms with Crippen molar-refractivity contribution in [2.45, 2.75) is 25.3 Å². The number of nitrogens with two attached hydrogens (primary N) is 1. The van der Waals surface area contributed by atoms with Crippen LogP contribution in [-0.2, 0) is 9.84 Å². The van der Waals surface area contributed by atoms with E-state index in [1.165, 1.54) is 0 Å². The lowest BCUT2D eigenvalue weighted by molar-refractivity contribution is 0.453. The number of thioether (sulfide) groups is 1. The molecule has 0 aromatic carbocycles. The molecule has 0 spiro atoms. The fraction of sp³-hybridized carbons (Fsp3) is 0.800. The van der Waals surface area contributed by atoms with Gasteiger partial charge in [0, 0.05) is 23.8 Å². The Balaban J connectivity index is 2.29. The SMILES string of the molecule is CCS(=O)(=O)C1CSCCN1c1nnc(C(C)N)o1. The minimum Gasteiger partial charge on any atom is -0.406 e. The zero-order chi connectivity index (χ0) is 14.0. The topological polar surface area (TPSA) is 102 Å². The van der Waals surface area contributed by atoms with Gasteiger partial charge in [-0.05, 0) is 6.92 Å². The van der Waals surface area contributed by atoms with Gasteiger partial charge in [-0.25, -0.2) is 8.42 Å². The molecule has 2 rings (SSSR count). The van der Waals surface area contributed by atoms with Crippen LogP contribution in [0.4, 0.5) is 6.01 Å². The number of anilines is 1. The number of aromatic nitrogens is 2. The Bertz CT molecular complexity index is 529. The van der Waals surface area contributed by atoms with E-state index in [2.05, 4.69) is 10.2 Å². The second-order valence-corrected chi connectivity index (χ2v) is 7.98. The summed E-state index contributed by atoms with van der Waals surface area (Å²) in [6.45, 7) is 3.97. The molecule has 0 radical (unpaired) electrons. The molecule has 1 aliphatic rings. The summed E-state index contributed by atoms with van der Waals surface area (Å²) >= 11 is 1.62. The summed E-state index contributed by atoms with van der Waals surface area (Å²) in [7, 11) is -3.18. The summed E-state index contributed by atoms with van der Waals surface area (Å²) in [6, 6.07) is -0.115. The average Bonchev–Trinajstić information content (AvgIpc) is 2.88. The number of rotatable bonds is 4. The Kier molecular flexibility index (Phi) is 4.36. The molecule has 1 fully saturated rings. The van der Waals surface area contributed by atoms with E-state index in [0.29, 0.717) is 18.2 Å². The van der Waals surface area contributed by atoms with Crippen molar-refractivity contribution in [3.05, 3.63) is 5.89 Å². The molecule has 2 N–H and O–H groups in total. The highest BCUT2D eigenvalue weighted by Crippen LogP contribution is 2.27. The van der Waals surface area contributed by atoms with Crippen molar-refractivity contribution in [1.82, 2.24) is 10.2 Å². The first-order valence-corrected chi connectivity index (χ1v) is 8.97. The lowest BCUT2D eigenvalue weighted by Crippen LogP contribution is -2.48. The second kappa shape index (κ2) is 5.68. The van der Waals surface area contributed by atoms with Crippen molar-refractivity contribution in [1.29, 1.82) is 0 Å². The van der Waals surface area contributed by atoms with Crippen molar-refractivity contribution in [2.24, 2.45) is 5.73 Å². The van der Waals surface area contributed by atoms with Crippen molar-refractivity contribution in [3.63, 3.8) is 0 Å². The molecular weight excluding hydrogens is 288 g/mol. The number of sulfone groups is 1. The van der Waals surface area contributed by atoms with Crippen LogP contribution < -0.4 is 10.6 Å². The lowest BCUT2D eigenvalue weighted by Gasteiger charge is -2.33. The Labute approximate surface area is 116 Å². The van der Waals surface area contributed by atoms with Gasteiger partial charge in [0.25, 0.3) is 0 Å². The summed E-state index contributed by atoms with van der Waals surface area (Å²) in [5.41, 5.74) is 5.67. The quantitative estimate of drug-likeness (QED) is 0.853. The smallest absolute Gasteiger partial charge is 0.319 e. The molecule has 19 heavy (non-hydrogen) atoms. The average molecular weight is 306 g/mol. The molecule has 1 aromatic heterocycles. The highest BCUT2D eigenvalue weighted by Gasteiger charge is 2.35. The van der Waals surface area contributed by atoms with Crippen LogP contribution in [-0.4, -0.2) is 47.8 Å². The van der Waals surface area contributed by atoms with Crippen LogP contribution in [0.2, 0.25) is 0 Å². The van der Waals surface area contributed by atoms with E-state index in [4.69, 9.17) is 10.2 Å². The summed E-state index contributed by atoms with van der Waals surface area (Å²) < 4.78 is 29.7. The molecule has 0 aliphatic carbocycles. The monoisotopic (exact) mass is 306 g/mol. The van der Waals surface area contributed by atoms with Gasteiger partial charge in [-0.1, -0.05) is 12.0 Å².